The van der Waals surface area contributed by atoms with Gasteiger partial charge in [-0.15, -0.1) is 0 Å². The maximum atomic E-state index is 13.1. The molecule has 0 spiro atoms. The summed E-state index contributed by atoms with van der Waals surface area (Å²) < 4.78 is 19.0. The number of hydrogen-bond acceptors (Lipinski definition) is 4. The number of hydrogen-bond donors (Lipinski definition) is 2. The van der Waals surface area contributed by atoms with Crippen LogP contribution in [0, 0.1) is 17.7 Å². The summed E-state index contributed by atoms with van der Waals surface area (Å²) in [5.74, 6) is 1.82. The van der Waals surface area contributed by atoms with Gasteiger partial charge in [0.1, 0.15) is 18.2 Å². The molecule has 184 valence electrons. The van der Waals surface area contributed by atoms with E-state index in [2.05, 4.69) is 63.9 Å². The molecule has 0 unspecified atom stereocenters. The number of rotatable bonds is 14. The van der Waals surface area contributed by atoms with Gasteiger partial charge in [0.25, 0.3) is 0 Å². The second-order valence-corrected chi connectivity index (χ2v) is 10.7. The first kappa shape index (κ1) is 27.1. The van der Waals surface area contributed by atoms with Gasteiger partial charge >= 0.3 is 0 Å². The van der Waals surface area contributed by atoms with Crippen molar-refractivity contribution in [2.75, 3.05) is 24.5 Å². The first-order chi connectivity index (χ1) is 15.5. The monoisotopic (exact) mass is 457 g/mol. The van der Waals surface area contributed by atoms with E-state index < -0.39 is 0 Å². The van der Waals surface area contributed by atoms with Crippen LogP contribution in [-0.2, 0) is 6.61 Å². The Labute approximate surface area is 200 Å². The quantitative estimate of drug-likeness (QED) is 0.365. The third-order valence-corrected chi connectivity index (χ3v) is 5.70. The summed E-state index contributed by atoms with van der Waals surface area (Å²) in [5, 5.41) is 3.69. The molecule has 0 aromatic heterocycles. The number of halogens is 1. The highest BCUT2D eigenvalue weighted by atomic mass is 19.1. The maximum Gasteiger partial charge on any atom is 0.123 e. The number of ether oxygens (including phenoxy) is 1. The van der Waals surface area contributed by atoms with E-state index in [1.54, 1.807) is 12.1 Å². The zero-order valence-corrected chi connectivity index (χ0v) is 21.4. The van der Waals surface area contributed by atoms with Gasteiger partial charge in [-0.1, -0.05) is 39.8 Å². The normalized spacial score (nSPS) is 12.9. The average Bonchev–Trinajstić information content (AvgIpc) is 2.75. The Morgan fingerprint density at radius 2 is 1.61 bits per heavy atom. The molecule has 33 heavy (non-hydrogen) atoms. The SMILES string of the molecule is CC(C)CCN(CC(C)(C)NC[C@@H](N)CC(C)C)c1ccc(OCc2ccc(F)cc2)cc1. The van der Waals surface area contributed by atoms with Crippen LogP contribution in [0.3, 0.4) is 0 Å². The summed E-state index contributed by atoms with van der Waals surface area (Å²) in [4.78, 5) is 2.45. The van der Waals surface area contributed by atoms with E-state index in [4.69, 9.17) is 10.5 Å². The van der Waals surface area contributed by atoms with Gasteiger partial charge < -0.3 is 20.7 Å². The van der Waals surface area contributed by atoms with Gasteiger partial charge in [-0.2, -0.15) is 0 Å². The van der Waals surface area contributed by atoms with Crippen LogP contribution in [0.2, 0.25) is 0 Å². The summed E-state index contributed by atoms with van der Waals surface area (Å²) in [6.45, 7) is 16.6. The molecule has 0 aliphatic carbocycles. The van der Waals surface area contributed by atoms with E-state index in [1.807, 2.05) is 12.1 Å². The van der Waals surface area contributed by atoms with Gasteiger partial charge in [-0.05, 0) is 80.5 Å². The van der Waals surface area contributed by atoms with Crippen LogP contribution in [0.4, 0.5) is 10.1 Å². The Bertz CT molecular complexity index is 803. The second kappa shape index (κ2) is 13.0. The molecule has 0 heterocycles. The van der Waals surface area contributed by atoms with Crippen LogP contribution in [0.25, 0.3) is 0 Å². The Morgan fingerprint density at radius 3 is 2.18 bits per heavy atom. The van der Waals surface area contributed by atoms with Crippen molar-refractivity contribution in [2.45, 2.75) is 72.6 Å². The predicted molar refractivity (Wildman–Crippen MR) is 138 cm³/mol. The summed E-state index contributed by atoms with van der Waals surface area (Å²) >= 11 is 0. The summed E-state index contributed by atoms with van der Waals surface area (Å²) in [5.41, 5.74) is 8.37. The maximum absolute atomic E-state index is 13.1. The van der Waals surface area contributed by atoms with E-state index in [0.29, 0.717) is 18.4 Å². The highest BCUT2D eigenvalue weighted by Gasteiger charge is 2.23. The van der Waals surface area contributed by atoms with E-state index >= 15 is 0 Å². The minimum Gasteiger partial charge on any atom is -0.489 e. The van der Waals surface area contributed by atoms with E-state index in [-0.39, 0.29) is 17.4 Å². The van der Waals surface area contributed by atoms with Crippen molar-refractivity contribution < 1.29 is 9.13 Å². The van der Waals surface area contributed by atoms with Gasteiger partial charge in [-0.25, -0.2) is 4.39 Å². The van der Waals surface area contributed by atoms with Crippen LogP contribution < -0.4 is 20.7 Å². The molecular weight excluding hydrogens is 413 g/mol. The molecule has 0 fully saturated rings. The molecule has 0 amide bonds. The van der Waals surface area contributed by atoms with Crippen LogP contribution in [0.5, 0.6) is 5.75 Å². The smallest absolute Gasteiger partial charge is 0.123 e. The van der Waals surface area contributed by atoms with Crippen molar-refractivity contribution in [1.29, 1.82) is 0 Å². The lowest BCUT2D eigenvalue weighted by Gasteiger charge is -2.36. The number of nitrogens with one attached hydrogen (secondary N) is 1. The van der Waals surface area contributed by atoms with E-state index in [1.165, 1.54) is 17.8 Å². The molecule has 0 saturated carbocycles. The molecule has 0 aliphatic rings. The average molecular weight is 458 g/mol. The van der Waals surface area contributed by atoms with Crippen molar-refractivity contribution in [3.8, 4) is 5.75 Å². The fraction of sp³-hybridized carbons (Fsp3) is 0.571. The Balaban J connectivity index is 2.00. The largest absolute Gasteiger partial charge is 0.489 e. The van der Waals surface area contributed by atoms with Crippen molar-refractivity contribution in [3.05, 3.63) is 59.9 Å². The Hall–Kier alpha value is -2.11. The van der Waals surface area contributed by atoms with Crippen molar-refractivity contribution in [3.63, 3.8) is 0 Å². The molecule has 0 saturated heterocycles. The summed E-state index contributed by atoms with van der Waals surface area (Å²) in [7, 11) is 0. The zero-order valence-electron chi connectivity index (χ0n) is 21.4. The van der Waals surface area contributed by atoms with Gasteiger partial charge in [0, 0.05) is 36.9 Å². The summed E-state index contributed by atoms with van der Waals surface area (Å²) in [6, 6.07) is 14.9. The minimum absolute atomic E-state index is 0.0661. The highest BCUT2D eigenvalue weighted by molar-refractivity contribution is 5.49. The van der Waals surface area contributed by atoms with Gasteiger partial charge in [0.15, 0.2) is 0 Å². The zero-order chi connectivity index (χ0) is 24.4. The van der Waals surface area contributed by atoms with E-state index in [0.717, 1.165) is 43.8 Å². The molecule has 0 radical (unpaired) electrons. The number of nitrogens with two attached hydrogens (primary N) is 1. The van der Waals surface area contributed by atoms with Gasteiger partial charge in [0.05, 0.1) is 0 Å². The van der Waals surface area contributed by atoms with Crippen LogP contribution in [-0.4, -0.2) is 31.2 Å². The Morgan fingerprint density at radius 1 is 0.970 bits per heavy atom. The van der Waals surface area contributed by atoms with Crippen molar-refractivity contribution in [2.24, 2.45) is 17.6 Å². The number of anilines is 1. The molecule has 2 aromatic carbocycles. The molecule has 2 rings (SSSR count). The topological polar surface area (TPSA) is 50.5 Å². The first-order valence-electron chi connectivity index (χ1n) is 12.3. The lowest BCUT2D eigenvalue weighted by atomic mass is 10.00. The van der Waals surface area contributed by atoms with Crippen molar-refractivity contribution in [1.82, 2.24) is 5.32 Å². The standard InChI is InChI=1S/C28H44FN3O/c1-21(2)15-16-32(20-28(5,6)31-18-25(30)17-22(3)4)26-11-13-27(14-12-26)33-19-23-7-9-24(29)10-8-23/h7-14,21-22,25,31H,15-20,30H2,1-6H3/t25-/m0/s1. The van der Waals surface area contributed by atoms with Gasteiger partial charge in [-0.3, -0.25) is 0 Å². The first-order valence-corrected chi connectivity index (χ1v) is 12.3. The molecule has 5 heteroatoms. The fourth-order valence-corrected chi connectivity index (χ4v) is 3.84. The van der Waals surface area contributed by atoms with Gasteiger partial charge in [0.2, 0.25) is 0 Å². The molecule has 2 aromatic rings. The fourth-order valence-electron chi connectivity index (χ4n) is 3.84. The third-order valence-electron chi connectivity index (χ3n) is 5.70. The number of nitrogens with zero attached hydrogens (tertiary/aromatic N) is 1. The van der Waals surface area contributed by atoms with Crippen LogP contribution in [0.1, 0.15) is 59.9 Å². The highest BCUT2D eigenvalue weighted by Crippen LogP contribution is 2.23. The third kappa shape index (κ3) is 10.6. The number of benzene rings is 2. The minimum atomic E-state index is -0.232. The predicted octanol–water partition coefficient (Wildman–Crippen LogP) is 6.00. The van der Waals surface area contributed by atoms with Crippen molar-refractivity contribution >= 4 is 5.69 Å². The summed E-state index contributed by atoms with van der Waals surface area (Å²) in [6.07, 6.45) is 2.16. The molecule has 4 nitrogen and oxygen atoms in total. The molecular formula is C28H44FN3O. The lowest BCUT2D eigenvalue weighted by Crippen LogP contribution is -2.53. The van der Waals surface area contributed by atoms with Crippen LogP contribution >= 0.6 is 0 Å². The molecule has 1 atom stereocenters. The second-order valence-electron chi connectivity index (χ2n) is 10.7. The van der Waals surface area contributed by atoms with Crippen LogP contribution in [0.15, 0.2) is 48.5 Å². The van der Waals surface area contributed by atoms with E-state index in [9.17, 15) is 4.39 Å². The molecule has 0 aliphatic heterocycles. The Kier molecular flexibility index (Phi) is 10.6. The molecule has 0 bridgehead atoms. The molecule has 3 N–H and O–H groups in total. The lowest BCUT2D eigenvalue weighted by molar-refractivity contribution is 0.306.